The molecule has 2 saturated carbocycles. The molecule has 3 rings (SSSR count). The number of nitrogens with one attached hydrogen (secondary N) is 1. The fourth-order valence-corrected chi connectivity index (χ4v) is 5.60. The predicted octanol–water partition coefficient (Wildman–Crippen LogP) is 4.20. The van der Waals surface area contributed by atoms with Crippen molar-refractivity contribution in [1.29, 1.82) is 0 Å². The van der Waals surface area contributed by atoms with Crippen molar-refractivity contribution in [2.24, 2.45) is 11.3 Å². The maximum atomic E-state index is 3.63. The van der Waals surface area contributed by atoms with Gasteiger partial charge in [-0.05, 0) is 76.4 Å². The standard InChI is InChI=1S/C19H36N2/c1-3-6-16-7-8-17(20-2)18(15-16)21-13-11-19(12-14-21)9-4-5-10-19/h16-18,20H,3-15H2,1-2H3. The number of likely N-dealkylation sites (N-methyl/N-ethyl adjacent to an activating group) is 1. The molecule has 2 nitrogen and oxygen atoms in total. The molecule has 3 unspecified atom stereocenters. The molecule has 2 aliphatic carbocycles. The van der Waals surface area contributed by atoms with Crippen LogP contribution in [0, 0.1) is 11.3 Å². The molecule has 3 fully saturated rings. The number of hydrogen-bond donors (Lipinski definition) is 1. The Kier molecular flexibility index (Phi) is 5.27. The highest BCUT2D eigenvalue weighted by Crippen LogP contribution is 2.47. The summed E-state index contributed by atoms with van der Waals surface area (Å²) in [7, 11) is 2.18. The van der Waals surface area contributed by atoms with E-state index in [4.69, 9.17) is 0 Å². The highest BCUT2D eigenvalue weighted by molar-refractivity contribution is 4.96. The first-order valence-corrected chi connectivity index (χ1v) is 9.68. The molecule has 1 N–H and O–H groups in total. The fraction of sp³-hybridized carbons (Fsp3) is 1.00. The lowest BCUT2D eigenvalue weighted by Crippen LogP contribution is -2.55. The van der Waals surface area contributed by atoms with Gasteiger partial charge in [0.1, 0.15) is 0 Å². The molecule has 0 aromatic heterocycles. The molecular weight excluding hydrogens is 256 g/mol. The van der Waals surface area contributed by atoms with E-state index in [1.807, 2.05) is 0 Å². The van der Waals surface area contributed by atoms with Gasteiger partial charge in [-0.3, -0.25) is 4.90 Å². The molecule has 0 amide bonds. The Morgan fingerprint density at radius 2 is 1.76 bits per heavy atom. The minimum Gasteiger partial charge on any atom is -0.315 e. The second kappa shape index (κ2) is 7.00. The predicted molar refractivity (Wildman–Crippen MR) is 90.6 cm³/mol. The van der Waals surface area contributed by atoms with Gasteiger partial charge in [-0.25, -0.2) is 0 Å². The lowest BCUT2D eigenvalue weighted by atomic mass is 9.74. The molecule has 3 atom stereocenters. The lowest BCUT2D eigenvalue weighted by Gasteiger charge is -2.48. The Morgan fingerprint density at radius 3 is 2.38 bits per heavy atom. The van der Waals surface area contributed by atoms with Gasteiger partial charge in [0.15, 0.2) is 0 Å². The molecule has 0 aromatic carbocycles. The molecule has 1 heterocycles. The van der Waals surface area contributed by atoms with Crippen LogP contribution in [0.2, 0.25) is 0 Å². The van der Waals surface area contributed by atoms with E-state index in [9.17, 15) is 0 Å². The monoisotopic (exact) mass is 292 g/mol. The average Bonchev–Trinajstić information content (AvgIpc) is 2.97. The molecule has 0 bridgehead atoms. The highest BCUT2D eigenvalue weighted by Gasteiger charge is 2.40. The van der Waals surface area contributed by atoms with Crippen LogP contribution in [0.15, 0.2) is 0 Å². The van der Waals surface area contributed by atoms with Gasteiger partial charge in [0.2, 0.25) is 0 Å². The van der Waals surface area contributed by atoms with E-state index in [0.29, 0.717) is 0 Å². The highest BCUT2D eigenvalue weighted by atomic mass is 15.2. The Hall–Kier alpha value is -0.0800. The largest absolute Gasteiger partial charge is 0.315 e. The van der Waals surface area contributed by atoms with Gasteiger partial charge in [0.05, 0.1) is 0 Å². The van der Waals surface area contributed by atoms with E-state index in [1.165, 1.54) is 83.7 Å². The number of hydrogen-bond acceptors (Lipinski definition) is 2. The van der Waals surface area contributed by atoms with E-state index in [0.717, 1.165) is 23.4 Å². The molecule has 1 aliphatic heterocycles. The zero-order chi connectivity index (χ0) is 14.7. The van der Waals surface area contributed by atoms with Crippen LogP contribution in [0.4, 0.5) is 0 Å². The van der Waals surface area contributed by atoms with Crippen LogP contribution in [0.25, 0.3) is 0 Å². The van der Waals surface area contributed by atoms with E-state index in [2.05, 4.69) is 24.2 Å². The molecular formula is C19H36N2. The molecule has 1 spiro atoms. The normalized spacial score (nSPS) is 37.1. The van der Waals surface area contributed by atoms with Crippen LogP contribution in [-0.4, -0.2) is 37.1 Å². The van der Waals surface area contributed by atoms with E-state index in [-0.39, 0.29) is 0 Å². The fourth-order valence-electron chi connectivity index (χ4n) is 5.60. The SMILES string of the molecule is CCCC1CCC(NC)C(N2CCC3(CCCC3)CC2)C1. The summed E-state index contributed by atoms with van der Waals surface area (Å²) in [6, 6.07) is 1.56. The van der Waals surface area contributed by atoms with Gasteiger partial charge < -0.3 is 5.32 Å². The molecule has 21 heavy (non-hydrogen) atoms. The maximum absolute atomic E-state index is 3.63. The number of likely N-dealkylation sites (tertiary alicyclic amines) is 1. The van der Waals surface area contributed by atoms with E-state index in [1.54, 1.807) is 0 Å². The van der Waals surface area contributed by atoms with Crippen LogP contribution in [0.5, 0.6) is 0 Å². The summed E-state index contributed by atoms with van der Waals surface area (Å²) in [4.78, 5) is 2.87. The summed E-state index contributed by atoms with van der Waals surface area (Å²) in [6.45, 7) is 5.10. The van der Waals surface area contributed by atoms with Crippen molar-refractivity contribution in [1.82, 2.24) is 10.2 Å². The number of rotatable bonds is 4. The van der Waals surface area contributed by atoms with Crippen molar-refractivity contribution in [3.8, 4) is 0 Å². The summed E-state index contributed by atoms with van der Waals surface area (Å²) >= 11 is 0. The molecule has 122 valence electrons. The van der Waals surface area contributed by atoms with Gasteiger partial charge in [-0.1, -0.05) is 32.6 Å². The Morgan fingerprint density at radius 1 is 1.05 bits per heavy atom. The first kappa shape index (κ1) is 15.8. The van der Waals surface area contributed by atoms with Gasteiger partial charge in [0.25, 0.3) is 0 Å². The van der Waals surface area contributed by atoms with Crippen molar-refractivity contribution >= 4 is 0 Å². The summed E-state index contributed by atoms with van der Waals surface area (Å²) < 4.78 is 0. The third-order valence-electron chi connectivity index (χ3n) is 6.98. The Labute approximate surface area is 132 Å². The van der Waals surface area contributed by atoms with Crippen LogP contribution in [0.1, 0.15) is 77.6 Å². The van der Waals surface area contributed by atoms with Gasteiger partial charge in [-0.15, -0.1) is 0 Å². The van der Waals surface area contributed by atoms with Crippen LogP contribution >= 0.6 is 0 Å². The number of piperidine rings is 1. The summed E-state index contributed by atoms with van der Waals surface area (Å²) in [5.41, 5.74) is 0.767. The Bertz CT molecular complexity index is 312. The number of nitrogens with zero attached hydrogens (tertiary/aromatic N) is 1. The zero-order valence-electron chi connectivity index (χ0n) is 14.4. The summed E-state index contributed by atoms with van der Waals surface area (Å²) in [5.74, 6) is 0.993. The maximum Gasteiger partial charge on any atom is 0.0251 e. The van der Waals surface area contributed by atoms with Crippen molar-refractivity contribution in [3.63, 3.8) is 0 Å². The van der Waals surface area contributed by atoms with E-state index >= 15 is 0 Å². The second-order valence-electron chi connectivity index (χ2n) is 8.17. The third kappa shape index (κ3) is 3.47. The summed E-state index contributed by atoms with van der Waals surface area (Å²) in [5, 5.41) is 3.63. The summed E-state index contributed by atoms with van der Waals surface area (Å²) in [6.07, 6.45) is 16.1. The van der Waals surface area contributed by atoms with Crippen LogP contribution in [-0.2, 0) is 0 Å². The average molecular weight is 293 g/mol. The Balaban J connectivity index is 1.58. The quantitative estimate of drug-likeness (QED) is 0.835. The van der Waals surface area contributed by atoms with Crippen molar-refractivity contribution in [3.05, 3.63) is 0 Å². The molecule has 3 aliphatic rings. The van der Waals surface area contributed by atoms with E-state index < -0.39 is 0 Å². The topological polar surface area (TPSA) is 15.3 Å². The van der Waals surface area contributed by atoms with Crippen LogP contribution in [0.3, 0.4) is 0 Å². The van der Waals surface area contributed by atoms with Crippen molar-refractivity contribution < 1.29 is 0 Å². The lowest BCUT2D eigenvalue weighted by molar-refractivity contribution is 0.0349. The van der Waals surface area contributed by atoms with Gasteiger partial charge >= 0.3 is 0 Å². The minimum absolute atomic E-state index is 0.746. The molecule has 0 radical (unpaired) electrons. The molecule has 1 saturated heterocycles. The van der Waals surface area contributed by atoms with Gasteiger partial charge in [0, 0.05) is 12.1 Å². The smallest absolute Gasteiger partial charge is 0.0251 e. The zero-order valence-corrected chi connectivity index (χ0v) is 14.4. The molecule has 0 aromatic rings. The minimum atomic E-state index is 0.746. The van der Waals surface area contributed by atoms with Crippen molar-refractivity contribution in [2.45, 2.75) is 89.6 Å². The van der Waals surface area contributed by atoms with Crippen LogP contribution < -0.4 is 5.32 Å². The third-order valence-corrected chi connectivity index (χ3v) is 6.98. The second-order valence-corrected chi connectivity index (χ2v) is 8.17. The van der Waals surface area contributed by atoms with Gasteiger partial charge in [-0.2, -0.15) is 0 Å². The first-order valence-electron chi connectivity index (χ1n) is 9.68. The first-order chi connectivity index (χ1) is 10.3. The van der Waals surface area contributed by atoms with Crippen molar-refractivity contribution in [2.75, 3.05) is 20.1 Å². The molecule has 2 heteroatoms.